The molecule has 0 amide bonds. The summed E-state index contributed by atoms with van der Waals surface area (Å²) in [6.07, 6.45) is 9.89. The molecule has 1 unspecified atom stereocenters. The van der Waals surface area contributed by atoms with E-state index in [1.54, 1.807) is 6.26 Å². The first-order chi connectivity index (χ1) is 8.31. The first-order valence-electron chi connectivity index (χ1n) is 7.10. The van der Waals surface area contributed by atoms with E-state index in [-0.39, 0.29) is 0 Å². The zero-order chi connectivity index (χ0) is 12.1. The summed E-state index contributed by atoms with van der Waals surface area (Å²) in [5, 5.41) is 3.74. The smallest absolute Gasteiger partial charge is 0.120 e. The summed E-state index contributed by atoms with van der Waals surface area (Å²) in [6, 6.07) is 5.03. The van der Waals surface area contributed by atoms with E-state index in [0.29, 0.717) is 12.1 Å². The van der Waals surface area contributed by atoms with Crippen LogP contribution in [0.5, 0.6) is 0 Å². The van der Waals surface area contributed by atoms with Crippen molar-refractivity contribution in [3.8, 4) is 0 Å². The van der Waals surface area contributed by atoms with Crippen molar-refractivity contribution in [2.75, 3.05) is 0 Å². The van der Waals surface area contributed by atoms with Gasteiger partial charge in [-0.25, -0.2) is 0 Å². The Morgan fingerprint density at radius 2 is 2.12 bits per heavy atom. The summed E-state index contributed by atoms with van der Waals surface area (Å²) < 4.78 is 5.51. The average Bonchev–Trinajstić information content (AvgIpc) is 2.90. The minimum absolute atomic E-state index is 0.377. The molecule has 2 atom stereocenters. The van der Waals surface area contributed by atoms with Crippen molar-refractivity contribution in [1.29, 1.82) is 0 Å². The quantitative estimate of drug-likeness (QED) is 0.823. The number of rotatable bonds is 5. The third kappa shape index (κ3) is 3.35. The van der Waals surface area contributed by atoms with Crippen LogP contribution in [0.1, 0.15) is 64.2 Å². The molecule has 0 radical (unpaired) electrons. The highest BCUT2D eigenvalue weighted by atomic mass is 16.3. The number of hydrogen-bond acceptors (Lipinski definition) is 2. The molecule has 1 aliphatic carbocycles. The molecule has 1 aliphatic rings. The van der Waals surface area contributed by atoms with E-state index in [0.717, 1.165) is 18.1 Å². The van der Waals surface area contributed by atoms with Gasteiger partial charge < -0.3 is 9.73 Å². The van der Waals surface area contributed by atoms with Crippen molar-refractivity contribution in [2.24, 2.45) is 5.92 Å². The van der Waals surface area contributed by atoms with E-state index < -0.39 is 0 Å². The Kier molecular flexibility index (Phi) is 4.66. The predicted octanol–water partition coefficient (Wildman–Crippen LogP) is 4.29. The van der Waals surface area contributed by atoms with Gasteiger partial charge in [-0.2, -0.15) is 0 Å². The Morgan fingerprint density at radius 3 is 2.71 bits per heavy atom. The minimum Gasteiger partial charge on any atom is -0.468 e. The lowest BCUT2D eigenvalue weighted by molar-refractivity contribution is 0.252. The van der Waals surface area contributed by atoms with Gasteiger partial charge in [0.05, 0.1) is 12.3 Å². The highest BCUT2D eigenvalue weighted by molar-refractivity contribution is 5.04. The second kappa shape index (κ2) is 6.25. The molecule has 17 heavy (non-hydrogen) atoms. The molecule has 0 aliphatic heterocycles. The highest BCUT2D eigenvalue weighted by Crippen LogP contribution is 2.28. The topological polar surface area (TPSA) is 25.2 Å². The molecular formula is C15H25NO. The summed E-state index contributed by atoms with van der Waals surface area (Å²) in [7, 11) is 0. The lowest BCUT2D eigenvalue weighted by atomic mass is 9.84. The average molecular weight is 235 g/mol. The zero-order valence-electron chi connectivity index (χ0n) is 11.1. The molecule has 1 heterocycles. The number of hydrogen-bond donors (Lipinski definition) is 1. The summed E-state index contributed by atoms with van der Waals surface area (Å²) in [4.78, 5) is 0. The van der Waals surface area contributed by atoms with E-state index in [9.17, 15) is 0 Å². The van der Waals surface area contributed by atoms with Crippen LogP contribution in [0.15, 0.2) is 22.8 Å². The molecule has 2 nitrogen and oxygen atoms in total. The first-order valence-corrected chi connectivity index (χ1v) is 7.10. The van der Waals surface area contributed by atoms with Crippen molar-refractivity contribution in [2.45, 2.75) is 64.5 Å². The lowest BCUT2D eigenvalue weighted by Crippen LogP contribution is -2.37. The molecule has 1 saturated carbocycles. The van der Waals surface area contributed by atoms with Gasteiger partial charge in [0, 0.05) is 6.04 Å². The van der Waals surface area contributed by atoms with Crippen LogP contribution in [0.25, 0.3) is 0 Å². The Balaban J connectivity index is 1.89. The van der Waals surface area contributed by atoms with Gasteiger partial charge >= 0.3 is 0 Å². The third-order valence-corrected chi connectivity index (χ3v) is 4.12. The van der Waals surface area contributed by atoms with E-state index in [4.69, 9.17) is 4.42 Å². The molecule has 96 valence electrons. The first kappa shape index (κ1) is 12.7. The van der Waals surface area contributed by atoms with Crippen LogP contribution >= 0.6 is 0 Å². The molecular weight excluding hydrogens is 210 g/mol. The van der Waals surface area contributed by atoms with E-state index in [2.05, 4.69) is 25.2 Å². The Hall–Kier alpha value is -0.760. The molecule has 1 fully saturated rings. The van der Waals surface area contributed by atoms with Gasteiger partial charge in [0.2, 0.25) is 0 Å². The molecule has 2 heteroatoms. The van der Waals surface area contributed by atoms with Crippen LogP contribution in [0.3, 0.4) is 0 Å². The Labute approximate surface area is 105 Å². The summed E-state index contributed by atoms with van der Waals surface area (Å²) in [6.45, 7) is 4.55. The minimum atomic E-state index is 0.377. The summed E-state index contributed by atoms with van der Waals surface area (Å²) >= 11 is 0. The van der Waals surface area contributed by atoms with E-state index >= 15 is 0 Å². The fraction of sp³-hybridized carbons (Fsp3) is 0.733. The van der Waals surface area contributed by atoms with Crippen LogP contribution in [0, 0.1) is 5.92 Å². The SMILES string of the molecule is CCC(N[C@@H](C)C1CCCCC1)c1ccco1. The molecule has 1 aromatic rings. The standard InChI is InChI=1S/C15H25NO/c1-3-14(15-10-7-11-17-15)16-12(2)13-8-5-4-6-9-13/h7,10-14,16H,3-6,8-9H2,1-2H3/t12-,14?/m0/s1. The third-order valence-electron chi connectivity index (χ3n) is 4.12. The van der Waals surface area contributed by atoms with Gasteiger partial charge in [0.1, 0.15) is 5.76 Å². The van der Waals surface area contributed by atoms with Crippen LogP contribution in [0.4, 0.5) is 0 Å². The fourth-order valence-electron chi connectivity index (χ4n) is 2.98. The lowest BCUT2D eigenvalue weighted by Gasteiger charge is -2.31. The van der Waals surface area contributed by atoms with Gasteiger partial charge in [-0.3, -0.25) is 0 Å². The zero-order valence-corrected chi connectivity index (χ0v) is 11.1. The molecule has 1 aromatic heterocycles. The van der Waals surface area contributed by atoms with Crippen LogP contribution in [0.2, 0.25) is 0 Å². The van der Waals surface area contributed by atoms with Crippen LogP contribution in [-0.4, -0.2) is 6.04 Å². The molecule has 0 bridgehead atoms. The Bertz CT molecular complexity index is 301. The van der Waals surface area contributed by atoms with Crippen molar-refractivity contribution >= 4 is 0 Å². The maximum atomic E-state index is 5.51. The van der Waals surface area contributed by atoms with Gasteiger partial charge in [-0.15, -0.1) is 0 Å². The maximum Gasteiger partial charge on any atom is 0.120 e. The molecule has 2 rings (SSSR count). The number of nitrogens with one attached hydrogen (secondary N) is 1. The van der Waals surface area contributed by atoms with Crippen molar-refractivity contribution in [3.63, 3.8) is 0 Å². The summed E-state index contributed by atoms with van der Waals surface area (Å²) in [5.41, 5.74) is 0. The normalized spacial score (nSPS) is 21.3. The molecule has 0 spiro atoms. The van der Waals surface area contributed by atoms with Crippen LogP contribution < -0.4 is 5.32 Å². The van der Waals surface area contributed by atoms with Gasteiger partial charge in [-0.05, 0) is 44.2 Å². The molecule has 1 N–H and O–H groups in total. The molecule has 0 aromatic carbocycles. The van der Waals surface area contributed by atoms with Gasteiger partial charge in [0.25, 0.3) is 0 Å². The second-order valence-corrected chi connectivity index (χ2v) is 5.33. The monoisotopic (exact) mass is 235 g/mol. The van der Waals surface area contributed by atoms with Crippen molar-refractivity contribution < 1.29 is 4.42 Å². The highest BCUT2D eigenvalue weighted by Gasteiger charge is 2.23. The molecule has 0 saturated heterocycles. The fourth-order valence-corrected chi connectivity index (χ4v) is 2.98. The maximum absolute atomic E-state index is 5.51. The number of furan rings is 1. The van der Waals surface area contributed by atoms with Gasteiger partial charge in [-0.1, -0.05) is 26.2 Å². The van der Waals surface area contributed by atoms with Crippen molar-refractivity contribution in [3.05, 3.63) is 24.2 Å². The second-order valence-electron chi connectivity index (χ2n) is 5.33. The van der Waals surface area contributed by atoms with Gasteiger partial charge in [0.15, 0.2) is 0 Å². The van der Waals surface area contributed by atoms with Crippen LogP contribution in [-0.2, 0) is 0 Å². The van der Waals surface area contributed by atoms with E-state index in [1.165, 1.54) is 32.1 Å². The summed E-state index contributed by atoms with van der Waals surface area (Å²) in [5.74, 6) is 1.93. The Morgan fingerprint density at radius 1 is 1.35 bits per heavy atom. The van der Waals surface area contributed by atoms with Crippen molar-refractivity contribution in [1.82, 2.24) is 5.32 Å². The largest absolute Gasteiger partial charge is 0.468 e. The van der Waals surface area contributed by atoms with E-state index in [1.807, 2.05) is 6.07 Å². The predicted molar refractivity (Wildman–Crippen MR) is 70.9 cm³/mol.